The van der Waals surface area contributed by atoms with E-state index in [4.69, 9.17) is 0 Å². The first-order chi connectivity index (χ1) is 8.93. The minimum Gasteiger partial charge on any atom is -0.260 e. The largest absolute Gasteiger partial charge is 0.260 e. The van der Waals surface area contributed by atoms with Crippen molar-refractivity contribution in [2.24, 2.45) is 0 Å². The Morgan fingerprint density at radius 1 is 0.889 bits per heavy atom. The number of benzene rings is 1. The van der Waals surface area contributed by atoms with Crippen molar-refractivity contribution in [2.75, 3.05) is 0 Å². The van der Waals surface area contributed by atoms with Gasteiger partial charge in [0.25, 0.3) is 0 Å². The van der Waals surface area contributed by atoms with Gasteiger partial charge in [0.2, 0.25) is 0 Å². The molecule has 18 heavy (non-hydrogen) atoms. The van der Waals surface area contributed by atoms with Crippen molar-refractivity contribution in [1.82, 2.24) is 15.0 Å². The van der Waals surface area contributed by atoms with Crippen molar-refractivity contribution < 1.29 is 0 Å². The molecule has 0 radical (unpaired) electrons. The van der Waals surface area contributed by atoms with E-state index in [1.165, 1.54) is 0 Å². The van der Waals surface area contributed by atoms with Crippen LogP contribution in [0, 0.1) is 0 Å². The molecule has 0 aliphatic rings. The normalized spacial score (nSPS) is 10.7. The maximum Gasteiger partial charge on any atom is 0.117 e. The Morgan fingerprint density at radius 3 is 2.67 bits per heavy atom. The predicted molar refractivity (Wildman–Crippen MR) is 73.3 cm³/mol. The molecule has 0 aliphatic heterocycles. The first-order valence-corrected chi connectivity index (χ1v) is 6.64. The molecule has 0 saturated carbocycles. The highest BCUT2D eigenvalue weighted by molar-refractivity contribution is 7.98. The highest BCUT2D eigenvalue weighted by Crippen LogP contribution is 2.26. The van der Waals surface area contributed by atoms with Gasteiger partial charge in [-0.1, -0.05) is 36.0 Å². The molecule has 0 fully saturated rings. The van der Waals surface area contributed by atoms with Crippen LogP contribution < -0.4 is 0 Å². The number of aromatic nitrogens is 3. The molecule has 3 nitrogen and oxygen atoms in total. The second-order valence-electron chi connectivity index (χ2n) is 3.81. The van der Waals surface area contributed by atoms with Gasteiger partial charge in [0, 0.05) is 17.3 Å². The Morgan fingerprint density at radius 2 is 1.78 bits per heavy atom. The molecule has 0 unspecified atom stereocenters. The molecule has 0 N–H and O–H groups in total. The van der Waals surface area contributed by atoms with Gasteiger partial charge in [0.1, 0.15) is 11.4 Å². The van der Waals surface area contributed by atoms with Gasteiger partial charge in [-0.3, -0.25) is 4.98 Å². The van der Waals surface area contributed by atoms with E-state index < -0.39 is 0 Å². The summed E-state index contributed by atoms with van der Waals surface area (Å²) in [6.07, 6.45) is 3.43. The standard InChI is InChI=1S/C14H11N3S/c1-2-7-13-12(6-1)14(17-10-16-13)18-9-11-5-3-4-8-15-11/h1-8,10H,9H2. The van der Waals surface area contributed by atoms with Crippen LogP contribution in [0.25, 0.3) is 10.9 Å². The minimum atomic E-state index is 0.821. The molecule has 0 atom stereocenters. The molecule has 3 rings (SSSR count). The zero-order valence-corrected chi connectivity index (χ0v) is 10.5. The van der Waals surface area contributed by atoms with Gasteiger partial charge in [0.15, 0.2) is 0 Å². The summed E-state index contributed by atoms with van der Waals surface area (Å²) in [6, 6.07) is 14.0. The Kier molecular flexibility index (Phi) is 3.19. The van der Waals surface area contributed by atoms with Gasteiger partial charge < -0.3 is 0 Å². The molecule has 1 aromatic carbocycles. The summed E-state index contributed by atoms with van der Waals surface area (Å²) in [5.74, 6) is 0.821. The van der Waals surface area contributed by atoms with Crippen LogP contribution in [0.4, 0.5) is 0 Å². The fraction of sp³-hybridized carbons (Fsp3) is 0.0714. The van der Waals surface area contributed by atoms with Crippen molar-refractivity contribution >= 4 is 22.7 Å². The number of hydrogen-bond donors (Lipinski definition) is 0. The van der Waals surface area contributed by atoms with Gasteiger partial charge in [-0.25, -0.2) is 9.97 Å². The predicted octanol–water partition coefficient (Wildman–Crippen LogP) is 3.32. The van der Waals surface area contributed by atoms with Crippen molar-refractivity contribution in [2.45, 2.75) is 10.8 Å². The zero-order chi connectivity index (χ0) is 12.2. The molecule has 0 aliphatic carbocycles. The van der Waals surface area contributed by atoms with Crippen LogP contribution in [0.15, 0.2) is 60.0 Å². The van der Waals surface area contributed by atoms with E-state index in [1.54, 1.807) is 18.1 Å². The van der Waals surface area contributed by atoms with Crippen molar-refractivity contribution in [3.63, 3.8) is 0 Å². The van der Waals surface area contributed by atoms with Crippen LogP contribution in [0.5, 0.6) is 0 Å². The van der Waals surface area contributed by atoms with E-state index in [2.05, 4.69) is 21.0 Å². The summed E-state index contributed by atoms with van der Waals surface area (Å²) in [6.45, 7) is 0. The van der Waals surface area contributed by atoms with Crippen LogP contribution in [0.3, 0.4) is 0 Å². The highest BCUT2D eigenvalue weighted by Gasteiger charge is 2.04. The van der Waals surface area contributed by atoms with Crippen LogP contribution >= 0.6 is 11.8 Å². The number of thioether (sulfide) groups is 1. The number of pyridine rings is 1. The summed E-state index contributed by atoms with van der Waals surface area (Å²) in [7, 11) is 0. The number of para-hydroxylation sites is 1. The number of rotatable bonds is 3. The van der Waals surface area contributed by atoms with Crippen molar-refractivity contribution in [3.8, 4) is 0 Å². The second kappa shape index (κ2) is 5.14. The summed E-state index contributed by atoms with van der Waals surface area (Å²) >= 11 is 1.69. The number of fused-ring (bicyclic) bond motifs is 1. The zero-order valence-electron chi connectivity index (χ0n) is 9.65. The molecule has 3 aromatic rings. The third-order valence-corrected chi connectivity index (χ3v) is 3.63. The summed E-state index contributed by atoms with van der Waals surface area (Å²) in [5, 5.41) is 2.10. The lowest BCUT2D eigenvalue weighted by molar-refractivity contribution is 1.09. The van der Waals surface area contributed by atoms with E-state index in [9.17, 15) is 0 Å². The number of hydrogen-bond acceptors (Lipinski definition) is 4. The topological polar surface area (TPSA) is 38.7 Å². The van der Waals surface area contributed by atoms with E-state index in [0.717, 1.165) is 27.4 Å². The molecular weight excluding hydrogens is 242 g/mol. The van der Waals surface area contributed by atoms with E-state index in [-0.39, 0.29) is 0 Å². The molecule has 0 spiro atoms. The third kappa shape index (κ3) is 2.33. The Labute approximate surface area is 109 Å². The van der Waals surface area contributed by atoms with Crippen molar-refractivity contribution in [1.29, 1.82) is 0 Å². The summed E-state index contributed by atoms with van der Waals surface area (Å²) < 4.78 is 0. The SMILES string of the molecule is c1ccc(CSc2ncnc3ccccc23)nc1. The smallest absolute Gasteiger partial charge is 0.117 e. The molecule has 0 bridgehead atoms. The van der Waals surface area contributed by atoms with Gasteiger partial charge in [0.05, 0.1) is 11.2 Å². The molecule has 4 heteroatoms. The van der Waals surface area contributed by atoms with Crippen molar-refractivity contribution in [3.05, 3.63) is 60.7 Å². The minimum absolute atomic E-state index is 0.821. The van der Waals surface area contributed by atoms with Crippen LogP contribution in [-0.2, 0) is 5.75 Å². The Hall–Kier alpha value is -1.94. The fourth-order valence-electron chi connectivity index (χ4n) is 1.72. The maximum atomic E-state index is 4.35. The first-order valence-electron chi connectivity index (χ1n) is 5.66. The lowest BCUT2D eigenvalue weighted by atomic mass is 10.2. The molecule has 0 amide bonds. The Bertz CT molecular complexity index is 650. The quantitative estimate of drug-likeness (QED) is 0.530. The van der Waals surface area contributed by atoms with Gasteiger partial charge in [-0.2, -0.15) is 0 Å². The monoisotopic (exact) mass is 253 g/mol. The Balaban J connectivity index is 1.87. The van der Waals surface area contributed by atoms with E-state index >= 15 is 0 Å². The molecule has 88 valence electrons. The average molecular weight is 253 g/mol. The highest BCUT2D eigenvalue weighted by atomic mass is 32.2. The fourth-order valence-corrected chi connectivity index (χ4v) is 2.63. The van der Waals surface area contributed by atoms with Gasteiger partial charge in [-0.15, -0.1) is 0 Å². The third-order valence-electron chi connectivity index (χ3n) is 2.59. The van der Waals surface area contributed by atoms with Gasteiger partial charge >= 0.3 is 0 Å². The molecule has 0 saturated heterocycles. The van der Waals surface area contributed by atoms with Gasteiger partial charge in [-0.05, 0) is 18.2 Å². The van der Waals surface area contributed by atoms with Crippen LogP contribution in [0.2, 0.25) is 0 Å². The molecule has 2 heterocycles. The number of nitrogens with zero attached hydrogens (tertiary/aromatic N) is 3. The molecular formula is C14H11N3S. The average Bonchev–Trinajstić information content (AvgIpc) is 2.46. The second-order valence-corrected chi connectivity index (χ2v) is 4.77. The summed E-state index contributed by atoms with van der Waals surface area (Å²) in [5.41, 5.74) is 2.04. The molecule has 2 aromatic heterocycles. The van der Waals surface area contributed by atoms with Crippen LogP contribution in [-0.4, -0.2) is 15.0 Å². The summed E-state index contributed by atoms with van der Waals surface area (Å²) in [4.78, 5) is 12.9. The lowest BCUT2D eigenvalue weighted by Gasteiger charge is -2.03. The first kappa shape index (κ1) is 11.2. The maximum absolute atomic E-state index is 4.35. The lowest BCUT2D eigenvalue weighted by Crippen LogP contribution is -1.89. The van der Waals surface area contributed by atoms with E-state index in [1.807, 2.05) is 42.6 Å². The van der Waals surface area contributed by atoms with E-state index in [0.29, 0.717) is 0 Å². The van der Waals surface area contributed by atoms with Crippen LogP contribution in [0.1, 0.15) is 5.69 Å².